The van der Waals surface area contributed by atoms with E-state index in [-0.39, 0.29) is 11.8 Å². The summed E-state index contributed by atoms with van der Waals surface area (Å²) in [4.78, 5) is 33.3. The SMILES string of the molecule is CC(C)(C)OC(=O)N1Cc2ccc(-n3c(=O)[nH]c4ccncc43)cc2C1. The van der Waals surface area contributed by atoms with Crippen molar-refractivity contribution in [3.05, 3.63) is 58.3 Å². The van der Waals surface area contributed by atoms with Crippen molar-refractivity contribution in [3.63, 3.8) is 0 Å². The molecule has 134 valence electrons. The molecule has 0 spiro atoms. The van der Waals surface area contributed by atoms with Crippen LogP contribution < -0.4 is 5.69 Å². The van der Waals surface area contributed by atoms with Gasteiger partial charge >= 0.3 is 11.8 Å². The Morgan fingerprint density at radius 1 is 1.19 bits per heavy atom. The highest BCUT2D eigenvalue weighted by Crippen LogP contribution is 2.27. The zero-order valence-corrected chi connectivity index (χ0v) is 14.9. The lowest BCUT2D eigenvalue weighted by atomic mass is 10.1. The minimum absolute atomic E-state index is 0.213. The first kappa shape index (κ1) is 16.4. The fourth-order valence-electron chi connectivity index (χ4n) is 3.18. The van der Waals surface area contributed by atoms with Crippen LogP contribution >= 0.6 is 0 Å². The first-order valence-electron chi connectivity index (χ1n) is 8.47. The Hall–Kier alpha value is -3.09. The Labute approximate surface area is 150 Å². The topological polar surface area (TPSA) is 80.2 Å². The molecule has 1 amide bonds. The van der Waals surface area contributed by atoms with Crippen molar-refractivity contribution in [2.75, 3.05) is 0 Å². The Balaban J connectivity index is 1.66. The summed E-state index contributed by atoms with van der Waals surface area (Å²) >= 11 is 0. The second kappa shape index (κ2) is 5.72. The fourth-order valence-corrected chi connectivity index (χ4v) is 3.18. The molecule has 0 unspecified atom stereocenters. The van der Waals surface area contributed by atoms with E-state index in [0.29, 0.717) is 13.1 Å². The lowest BCUT2D eigenvalue weighted by molar-refractivity contribution is 0.0242. The third-order valence-electron chi connectivity index (χ3n) is 4.31. The van der Waals surface area contributed by atoms with Crippen molar-refractivity contribution in [1.29, 1.82) is 0 Å². The Kier molecular flexibility index (Phi) is 3.61. The molecule has 0 aliphatic carbocycles. The van der Waals surface area contributed by atoms with Crippen LogP contribution in [0.15, 0.2) is 41.5 Å². The number of hydrogen-bond acceptors (Lipinski definition) is 4. The van der Waals surface area contributed by atoms with E-state index >= 15 is 0 Å². The average Bonchev–Trinajstić information content (AvgIpc) is 3.12. The highest BCUT2D eigenvalue weighted by Gasteiger charge is 2.28. The molecule has 4 rings (SSSR count). The number of fused-ring (bicyclic) bond motifs is 2. The summed E-state index contributed by atoms with van der Waals surface area (Å²) < 4.78 is 7.05. The van der Waals surface area contributed by atoms with Gasteiger partial charge in [0, 0.05) is 19.3 Å². The predicted molar refractivity (Wildman–Crippen MR) is 97.2 cm³/mol. The van der Waals surface area contributed by atoms with Gasteiger partial charge in [0.2, 0.25) is 0 Å². The highest BCUT2D eigenvalue weighted by molar-refractivity contribution is 5.76. The van der Waals surface area contributed by atoms with Crippen LogP contribution in [0.4, 0.5) is 4.79 Å². The monoisotopic (exact) mass is 352 g/mol. The molecule has 0 radical (unpaired) electrons. The molecule has 1 aromatic carbocycles. The molecule has 0 saturated heterocycles. The quantitative estimate of drug-likeness (QED) is 0.730. The molecule has 0 atom stereocenters. The largest absolute Gasteiger partial charge is 0.444 e. The molecule has 1 aliphatic heterocycles. The van der Waals surface area contributed by atoms with E-state index in [9.17, 15) is 9.59 Å². The molecular weight excluding hydrogens is 332 g/mol. The standard InChI is InChI=1S/C19H20N4O3/c1-19(2,3)26-18(25)22-10-12-4-5-14(8-13(12)11-22)23-16-9-20-7-6-15(16)21-17(23)24/h4-9H,10-11H2,1-3H3,(H,21,24). The molecule has 7 heteroatoms. The summed E-state index contributed by atoms with van der Waals surface area (Å²) in [6, 6.07) is 7.56. The minimum atomic E-state index is -0.526. The van der Waals surface area contributed by atoms with Gasteiger partial charge in [-0.05, 0) is 50.1 Å². The molecule has 3 aromatic rings. The molecule has 7 nitrogen and oxygen atoms in total. The van der Waals surface area contributed by atoms with Crippen molar-refractivity contribution in [3.8, 4) is 5.69 Å². The van der Waals surface area contributed by atoms with E-state index in [1.54, 1.807) is 27.9 Å². The third kappa shape index (κ3) is 2.85. The van der Waals surface area contributed by atoms with Crippen LogP contribution in [0.3, 0.4) is 0 Å². The van der Waals surface area contributed by atoms with Crippen LogP contribution in [0.5, 0.6) is 0 Å². The molecule has 1 aliphatic rings. The minimum Gasteiger partial charge on any atom is -0.444 e. The van der Waals surface area contributed by atoms with Gasteiger partial charge in [0.1, 0.15) is 5.60 Å². The molecule has 26 heavy (non-hydrogen) atoms. The number of benzene rings is 1. The number of aromatic nitrogens is 3. The first-order chi connectivity index (χ1) is 12.3. The van der Waals surface area contributed by atoms with Crippen molar-refractivity contribution in [2.45, 2.75) is 39.5 Å². The fraction of sp³-hybridized carbons (Fsp3) is 0.316. The number of carbonyl (C=O) groups excluding carboxylic acids is 1. The molecule has 0 bridgehead atoms. The number of hydrogen-bond donors (Lipinski definition) is 1. The number of H-pyrrole nitrogens is 1. The van der Waals surface area contributed by atoms with E-state index < -0.39 is 5.60 Å². The van der Waals surface area contributed by atoms with Gasteiger partial charge in [-0.2, -0.15) is 0 Å². The van der Waals surface area contributed by atoms with Gasteiger partial charge in [-0.1, -0.05) is 6.07 Å². The van der Waals surface area contributed by atoms with Gasteiger partial charge in [-0.3, -0.25) is 14.5 Å². The van der Waals surface area contributed by atoms with Crippen LogP contribution in [0.2, 0.25) is 0 Å². The normalized spacial score (nSPS) is 13.9. The van der Waals surface area contributed by atoms with Crippen LogP contribution in [0, 0.1) is 0 Å². The first-order valence-corrected chi connectivity index (χ1v) is 8.47. The summed E-state index contributed by atoms with van der Waals surface area (Å²) in [6.07, 6.45) is 2.97. The van der Waals surface area contributed by atoms with Crippen LogP contribution in [0.1, 0.15) is 31.9 Å². The Morgan fingerprint density at radius 2 is 1.96 bits per heavy atom. The highest BCUT2D eigenvalue weighted by atomic mass is 16.6. The molecule has 1 N–H and O–H groups in total. The second-order valence-electron chi connectivity index (χ2n) is 7.45. The predicted octanol–water partition coefficient (Wildman–Crippen LogP) is 2.96. The summed E-state index contributed by atoms with van der Waals surface area (Å²) in [5.74, 6) is 0. The number of rotatable bonds is 1. The van der Waals surface area contributed by atoms with Crippen LogP contribution in [-0.2, 0) is 17.8 Å². The lowest BCUT2D eigenvalue weighted by Crippen LogP contribution is -2.33. The van der Waals surface area contributed by atoms with Crippen molar-refractivity contribution in [2.24, 2.45) is 0 Å². The Bertz CT molecular complexity index is 1060. The summed E-state index contributed by atoms with van der Waals surface area (Å²) in [7, 11) is 0. The number of amides is 1. The number of carbonyl (C=O) groups is 1. The summed E-state index contributed by atoms with van der Waals surface area (Å²) in [5.41, 5.74) is 3.54. The van der Waals surface area contributed by atoms with E-state index in [1.165, 1.54) is 0 Å². The lowest BCUT2D eigenvalue weighted by Gasteiger charge is -2.24. The second-order valence-corrected chi connectivity index (χ2v) is 7.45. The molecule has 0 fully saturated rings. The maximum atomic E-state index is 12.4. The van der Waals surface area contributed by atoms with Crippen molar-refractivity contribution < 1.29 is 9.53 Å². The van der Waals surface area contributed by atoms with Gasteiger partial charge in [-0.25, -0.2) is 9.59 Å². The van der Waals surface area contributed by atoms with E-state index in [2.05, 4.69) is 9.97 Å². The smallest absolute Gasteiger partial charge is 0.410 e. The third-order valence-corrected chi connectivity index (χ3v) is 4.31. The van der Waals surface area contributed by atoms with Crippen LogP contribution in [0.25, 0.3) is 16.7 Å². The van der Waals surface area contributed by atoms with Gasteiger partial charge in [0.15, 0.2) is 0 Å². The average molecular weight is 352 g/mol. The van der Waals surface area contributed by atoms with Gasteiger partial charge < -0.3 is 9.72 Å². The van der Waals surface area contributed by atoms with Gasteiger partial charge in [0.05, 0.1) is 22.9 Å². The number of nitrogens with zero attached hydrogens (tertiary/aromatic N) is 3. The van der Waals surface area contributed by atoms with E-state index in [1.807, 2.05) is 39.0 Å². The number of imidazole rings is 1. The zero-order valence-electron chi connectivity index (χ0n) is 14.9. The number of nitrogens with one attached hydrogen (secondary N) is 1. The molecular formula is C19H20N4O3. The molecule has 0 saturated carbocycles. The maximum absolute atomic E-state index is 12.4. The number of ether oxygens (including phenoxy) is 1. The van der Waals surface area contributed by atoms with Gasteiger partial charge in [-0.15, -0.1) is 0 Å². The maximum Gasteiger partial charge on any atom is 0.410 e. The van der Waals surface area contributed by atoms with Crippen molar-refractivity contribution >= 4 is 17.1 Å². The number of aromatic amines is 1. The number of pyridine rings is 1. The summed E-state index contributed by atoms with van der Waals surface area (Å²) in [5, 5.41) is 0. The molecule has 2 aromatic heterocycles. The van der Waals surface area contributed by atoms with Crippen molar-refractivity contribution in [1.82, 2.24) is 19.4 Å². The van der Waals surface area contributed by atoms with Crippen LogP contribution in [-0.4, -0.2) is 31.1 Å². The van der Waals surface area contributed by atoms with E-state index in [0.717, 1.165) is 27.8 Å². The van der Waals surface area contributed by atoms with E-state index in [4.69, 9.17) is 4.74 Å². The molecule has 3 heterocycles. The Morgan fingerprint density at radius 3 is 2.73 bits per heavy atom. The van der Waals surface area contributed by atoms with Gasteiger partial charge in [0.25, 0.3) is 0 Å². The summed E-state index contributed by atoms with van der Waals surface area (Å²) in [6.45, 7) is 6.53. The zero-order chi connectivity index (χ0) is 18.5.